The van der Waals surface area contributed by atoms with Gasteiger partial charge in [0.2, 0.25) is 0 Å². The molecule has 1 aliphatic heterocycles. The Morgan fingerprint density at radius 2 is 1.77 bits per heavy atom. The first kappa shape index (κ1) is 14.5. The molecule has 1 aromatic carbocycles. The smallest absolute Gasteiger partial charge is 0.278 e. The number of aromatic nitrogens is 1. The summed E-state index contributed by atoms with van der Waals surface area (Å²) in [6, 6.07) is 12.2. The molecule has 3 rings (SSSR count). The number of anilines is 1. The minimum Gasteiger partial charge on any atom is -0.278 e. The van der Waals surface area contributed by atoms with Crippen LogP contribution in [0.1, 0.15) is 20.3 Å². The highest BCUT2D eigenvalue weighted by molar-refractivity contribution is 5.93. The second-order valence-electron chi connectivity index (χ2n) is 5.44. The molecule has 1 aromatic heterocycles. The van der Waals surface area contributed by atoms with Crippen LogP contribution in [0.3, 0.4) is 0 Å². The lowest BCUT2D eigenvalue weighted by molar-refractivity contribution is 0.176. The van der Waals surface area contributed by atoms with E-state index in [0.717, 1.165) is 23.2 Å². The molecule has 0 spiro atoms. The van der Waals surface area contributed by atoms with E-state index in [4.69, 9.17) is 0 Å². The minimum absolute atomic E-state index is 0.00557. The summed E-state index contributed by atoms with van der Waals surface area (Å²) in [5, 5.41) is 1.71. The summed E-state index contributed by atoms with van der Waals surface area (Å²) in [5.74, 6) is 0. The molecule has 1 aliphatic rings. The van der Waals surface area contributed by atoms with Gasteiger partial charge < -0.3 is 0 Å². The van der Waals surface area contributed by atoms with E-state index in [0.29, 0.717) is 6.67 Å². The third kappa shape index (κ3) is 2.67. The van der Waals surface area contributed by atoms with E-state index < -0.39 is 0 Å². The van der Waals surface area contributed by atoms with Crippen LogP contribution in [0.2, 0.25) is 0 Å². The summed E-state index contributed by atoms with van der Waals surface area (Å²) < 4.78 is 0. The van der Waals surface area contributed by atoms with Crippen LogP contribution in [0.5, 0.6) is 0 Å². The van der Waals surface area contributed by atoms with Crippen LogP contribution in [0, 0.1) is 0 Å². The number of hydrazine groups is 1. The SMILES string of the molecule is CCC(C)N1NCN(c2ccc(-c3ccncc3)cc2)C1=O. The van der Waals surface area contributed by atoms with Crippen molar-refractivity contribution in [3.63, 3.8) is 0 Å². The van der Waals surface area contributed by atoms with Crippen molar-refractivity contribution in [1.82, 2.24) is 15.4 Å². The Balaban J connectivity index is 1.78. The number of pyridine rings is 1. The van der Waals surface area contributed by atoms with Crippen LogP contribution in [0.25, 0.3) is 11.1 Å². The maximum absolute atomic E-state index is 12.4. The van der Waals surface area contributed by atoms with E-state index in [1.807, 2.05) is 43.3 Å². The number of hydrogen-bond donors (Lipinski definition) is 1. The zero-order valence-corrected chi connectivity index (χ0v) is 12.9. The Morgan fingerprint density at radius 3 is 2.41 bits per heavy atom. The third-order valence-corrected chi connectivity index (χ3v) is 4.06. The second kappa shape index (κ2) is 6.15. The lowest BCUT2D eigenvalue weighted by Gasteiger charge is -2.22. The summed E-state index contributed by atoms with van der Waals surface area (Å²) in [4.78, 5) is 18.2. The molecule has 0 saturated carbocycles. The van der Waals surface area contributed by atoms with Crippen LogP contribution >= 0.6 is 0 Å². The average Bonchev–Trinajstić information content (AvgIpc) is 2.97. The molecule has 114 valence electrons. The van der Waals surface area contributed by atoms with Crippen LogP contribution in [-0.4, -0.2) is 28.7 Å². The van der Waals surface area contributed by atoms with Crippen LogP contribution in [-0.2, 0) is 0 Å². The predicted molar refractivity (Wildman–Crippen MR) is 87.1 cm³/mol. The van der Waals surface area contributed by atoms with E-state index in [-0.39, 0.29) is 12.1 Å². The molecule has 0 radical (unpaired) electrons. The highest BCUT2D eigenvalue weighted by Gasteiger charge is 2.31. The number of benzene rings is 1. The highest BCUT2D eigenvalue weighted by Crippen LogP contribution is 2.25. The van der Waals surface area contributed by atoms with Gasteiger partial charge in [-0.2, -0.15) is 0 Å². The number of rotatable bonds is 4. The molecule has 22 heavy (non-hydrogen) atoms. The van der Waals surface area contributed by atoms with Gasteiger partial charge in [0.05, 0.1) is 6.67 Å². The van der Waals surface area contributed by atoms with Gasteiger partial charge in [0.1, 0.15) is 0 Å². The van der Waals surface area contributed by atoms with Crippen molar-refractivity contribution in [3.8, 4) is 11.1 Å². The molecule has 0 bridgehead atoms. The number of nitrogens with one attached hydrogen (secondary N) is 1. The molecule has 2 amide bonds. The number of carbonyl (C=O) groups excluding carboxylic acids is 1. The molecule has 2 heterocycles. The normalized spacial score (nSPS) is 16.2. The second-order valence-corrected chi connectivity index (χ2v) is 5.44. The fourth-order valence-electron chi connectivity index (χ4n) is 2.52. The molecule has 5 heteroatoms. The van der Waals surface area contributed by atoms with E-state index >= 15 is 0 Å². The monoisotopic (exact) mass is 296 g/mol. The number of amides is 2. The fourth-order valence-corrected chi connectivity index (χ4v) is 2.52. The van der Waals surface area contributed by atoms with Gasteiger partial charge in [0.15, 0.2) is 0 Å². The Morgan fingerprint density at radius 1 is 1.14 bits per heavy atom. The van der Waals surface area contributed by atoms with Crippen molar-refractivity contribution in [3.05, 3.63) is 48.8 Å². The lowest BCUT2D eigenvalue weighted by atomic mass is 10.1. The fraction of sp³-hybridized carbons (Fsp3) is 0.294. The van der Waals surface area contributed by atoms with Gasteiger partial charge in [0.25, 0.3) is 0 Å². The van der Waals surface area contributed by atoms with E-state index in [9.17, 15) is 4.79 Å². The quantitative estimate of drug-likeness (QED) is 0.942. The summed E-state index contributed by atoms with van der Waals surface area (Å²) >= 11 is 0. The van der Waals surface area contributed by atoms with Crippen LogP contribution in [0.15, 0.2) is 48.8 Å². The number of urea groups is 1. The molecule has 1 N–H and O–H groups in total. The Bertz CT molecular complexity index is 641. The lowest BCUT2D eigenvalue weighted by Crippen LogP contribution is -2.41. The minimum atomic E-state index is 0.00557. The zero-order chi connectivity index (χ0) is 15.5. The van der Waals surface area contributed by atoms with Crippen molar-refractivity contribution in [2.24, 2.45) is 0 Å². The molecule has 5 nitrogen and oxygen atoms in total. The first-order chi connectivity index (χ1) is 10.7. The van der Waals surface area contributed by atoms with Gasteiger partial charge in [-0.1, -0.05) is 19.1 Å². The van der Waals surface area contributed by atoms with Crippen molar-refractivity contribution in [2.45, 2.75) is 26.3 Å². The molecule has 2 aromatic rings. The van der Waals surface area contributed by atoms with Gasteiger partial charge in [-0.3, -0.25) is 14.9 Å². The largest absolute Gasteiger partial charge is 0.340 e. The summed E-state index contributed by atoms with van der Waals surface area (Å²) in [5.41, 5.74) is 6.29. The van der Waals surface area contributed by atoms with Gasteiger partial charge in [-0.25, -0.2) is 10.2 Å². The van der Waals surface area contributed by atoms with Crippen molar-refractivity contribution in [2.75, 3.05) is 11.6 Å². The molecular weight excluding hydrogens is 276 g/mol. The van der Waals surface area contributed by atoms with Crippen molar-refractivity contribution < 1.29 is 4.79 Å². The number of carbonyl (C=O) groups is 1. The van der Waals surface area contributed by atoms with Gasteiger partial charge in [-0.05, 0) is 48.7 Å². The van der Waals surface area contributed by atoms with E-state index in [1.165, 1.54) is 0 Å². The van der Waals surface area contributed by atoms with Crippen molar-refractivity contribution in [1.29, 1.82) is 0 Å². The summed E-state index contributed by atoms with van der Waals surface area (Å²) in [6.07, 6.45) is 4.48. The van der Waals surface area contributed by atoms with Gasteiger partial charge in [-0.15, -0.1) is 0 Å². The van der Waals surface area contributed by atoms with E-state index in [1.54, 1.807) is 22.3 Å². The average molecular weight is 296 g/mol. The molecule has 1 atom stereocenters. The molecule has 0 aliphatic carbocycles. The Labute approximate surface area is 130 Å². The Kier molecular flexibility index (Phi) is 4.06. The first-order valence-corrected chi connectivity index (χ1v) is 7.55. The number of hydrogen-bond acceptors (Lipinski definition) is 3. The molecule has 1 saturated heterocycles. The van der Waals surface area contributed by atoms with Gasteiger partial charge in [0, 0.05) is 24.1 Å². The molecule has 1 fully saturated rings. The Hall–Kier alpha value is -2.40. The first-order valence-electron chi connectivity index (χ1n) is 7.55. The standard InChI is InChI=1S/C17H20N4O/c1-3-13(2)21-17(22)20(12-19-21)16-6-4-14(5-7-16)15-8-10-18-11-9-15/h4-11,13,19H,3,12H2,1-2H3. The van der Waals surface area contributed by atoms with Crippen LogP contribution in [0.4, 0.5) is 10.5 Å². The number of nitrogens with zero attached hydrogens (tertiary/aromatic N) is 3. The van der Waals surface area contributed by atoms with Gasteiger partial charge >= 0.3 is 6.03 Å². The topological polar surface area (TPSA) is 48.5 Å². The summed E-state index contributed by atoms with van der Waals surface area (Å²) in [6.45, 7) is 4.63. The molecular formula is C17H20N4O. The van der Waals surface area contributed by atoms with Crippen molar-refractivity contribution >= 4 is 11.7 Å². The highest BCUT2D eigenvalue weighted by atomic mass is 16.2. The van der Waals surface area contributed by atoms with Crippen LogP contribution < -0.4 is 10.3 Å². The summed E-state index contributed by atoms with van der Waals surface area (Å²) in [7, 11) is 0. The maximum Gasteiger partial charge on any atom is 0.340 e. The van der Waals surface area contributed by atoms with E-state index in [2.05, 4.69) is 17.3 Å². The predicted octanol–water partition coefficient (Wildman–Crippen LogP) is 3.25. The third-order valence-electron chi connectivity index (χ3n) is 4.06. The zero-order valence-electron chi connectivity index (χ0n) is 12.9. The maximum atomic E-state index is 12.4. The molecule has 1 unspecified atom stereocenters.